The molecule has 1 N–H and O–H groups in total. The number of aliphatic hydroxyl groups is 1. The van der Waals surface area contributed by atoms with E-state index in [1.165, 1.54) is 12.0 Å². The average molecular weight is 275 g/mol. The van der Waals surface area contributed by atoms with Gasteiger partial charge in [0.05, 0.1) is 26.4 Å². The van der Waals surface area contributed by atoms with Gasteiger partial charge in [0, 0.05) is 6.54 Å². The first-order valence-corrected chi connectivity index (χ1v) is 6.09. The molecule has 0 aromatic carbocycles. The van der Waals surface area contributed by atoms with Crippen LogP contribution in [0.1, 0.15) is 20.8 Å². The Morgan fingerprint density at radius 3 is 2.58 bits per heavy atom. The van der Waals surface area contributed by atoms with E-state index in [1.807, 2.05) is 0 Å². The zero-order chi connectivity index (χ0) is 14.6. The predicted molar refractivity (Wildman–Crippen MR) is 65.6 cm³/mol. The number of hydrogen-bond donors (Lipinski definition) is 1. The Kier molecular flexibility index (Phi) is 5.13. The number of aliphatic hydroxyl groups excluding tert-OH is 1. The van der Waals surface area contributed by atoms with Gasteiger partial charge in [0.2, 0.25) is 0 Å². The molecule has 1 fully saturated rings. The van der Waals surface area contributed by atoms with Gasteiger partial charge in [-0.15, -0.1) is 0 Å². The van der Waals surface area contributed by atoms with Crippen molar-refractivity contribution in [2.24, 2.45) is 0 Å². The van der Waals surface area contributed by atoms with Crippen LogP contribution >= 0.6 is 0 Å². The Morgan fingerprint density at radius 2 is 2.05 bits per heavy atom. The minimum Gasteiger partial charge on any atom is -0.467 e. The van der Waals surface area contributed by atoms with Crippen LogP contribution in [0.2, 0.25) is 0 Å². The topological polar surface area (TPSA) is 85.3 Å². The van der Waals surface area contributed by atoms with Crippen LogP contribution in [0.3, 0.4) is 0 Å². The maximum absolute atomic E-state index is 12.0. The number of hydrogen-bond acceptors (Lipinski definition) is 6. The molecule has 2 atom stereocenters. The second-order valence-corrected chi connectivity index (χ2v) is 5.28. The van der Waals surface area contributed by atoms with Crippen LogP contribution in [-0.2, 0) is 19.0 Å². The molecule has 1 aliphatic heterocycles. The lowest BCUT2D eigenvalue weighted by molar-refractivity contribution is -0.158. The highest BCUT2D eigenvalue weighted by Crippen LogP contribution is 2.17. The van der Waals surface area contributed by atoms with E-state index < -0.39 is 29.8 Å². The number of ether oxygens (including phenoxy) is 3. The molecule has 7 nitrogen and oxygen atoms in total. The maximum atomic E-state index is 12.0. The SMILES string of the molecule is COC(=O)C(O)C1COCCN1C(=O)OC(C)(C)C. The summed E-state index contributed by atoms with van der Waals surface area (Å²) in [4.78, 5) is 24.7. The van der Waals surface area contributed by atoms with E-state index in [9.17, 15) is 14.7 Å². The van der Waals surface area contributed by atoms with Crippen molar-refractivity contribution in [3.63, 3.8) is 0 Å². The van der Waals surface area contributed by atoms with E-state index in [-0.39, 0.29) is 13.2 Å². The first-order chi connectivity index (χ1) is 8.76. The predicted octanol–water partition coefficient (Wildman–Crippen LogP) is 0.156. The maximum Gasteiger partial charge on any atom is 0.410 e. The van der Waals surface area contributed by atoms with Gasteiger partial charge >= 0.3 is 12.1 Å². The number of rotatable bonds is 2. The van der Waals surface area contributed by atoms with E-state index >= 15 is 0 Å². The highest BCUT2D eigenvalue weighted by molar-refractivity contribution is 5.77. The van der Waals surface area contributed by atoms with Crippen molar-refractivity contribution in [3.05, 3.63) is 0 Å². The van der Waals surface area contributed by atoms with E-state index in [1.54, 1.807) is 20.8 Å². The molecule has 110 valence electrons. The molecule has 0 spiro atoms. The quantitative estimate of drug-likeness (QED) is 0.722. The number of carbonyl (C=O) groups excluding carboxylic acids is 2. The summed E-state index contributed by atoms with van der Waals surface area (Å²) < 4.78 is 14.9. The summed E-state index contributed by atoms with van der Waals surface area (Å²) in [5.41, 5.74) is -0.643. The highest BCUT2D eigenvalue weighted by atomic mass is 16.6. The van der Waals surface area contributed by atoms with Gasteiger partial charge in [-0.2, -0.15) is 0 Å². The monoisotopic (exact) mass is 275 g/mol. The highest BCUT2D eigenvalue weighted by Gasteiger charge is 2.38. The van der Waals surface area contributed by atoms with Gasteiger partial charge in [0.1, 0.15) is 5.60 Å². The van der Waals surface area contributed by atoms with Crippen molar-refractivity contribution in [3.8, 4) is 0 Å². The molecule has 1 amide bonds. The molecule has 7 heteroatoms. The minimum atomic E-state index is -1.45. The number of esters is 1. The van der Waals surface area contributed by atoms with Gasteiger partial charge < -0.3 is 19.3 Å². The van der Waals surface area contributed by atoms with Crippen LogP contribution in [0.15, 0.2) is 0 Å². The summed E-state index contributed by atoms with van der Waals surface area (Å²) in [6.07, 6.45) is -2.03. The lowest BCUT2D eigenvalue weighted by Crippen LogP contribution is -2.57. The summed E-state index contributed by atoms with van der Waals surface area (Å²) >= 11 is 0. The van der Waals surface area contributed by atoms with Crippen molar-refractivity contribution in [1.29, 1.82) is 0 Å². The van der Waals surface area contributed by atoms with Crippen LogP contribution in [0.25, 0.3) is 0 Å². The number of carbonyl (C=O) groups is 2. The molecule has 1 aliphatic rings. The summed E-state index contributed by atoms with van der Waals surface area (Å²) in [6.45, 7) is 5.90. The largest absolute Gasteiger partial charge is 0.467 e. The van der Waals surface area contributed by atoms with Crippen LogP contribution in [0, 0.1) is 0 Å². The summed E-state index contributed by atoms with van der Waals surface area (Å²) in [5.74, 6) is -0.802. The van der Waals surface area contributed by atoms with Gasteiger partial charge in [-0.3, -0.25) is 4.90 Å². The van der Waals surface area contributed by atoms with Crippen molar-refractivity contribution in [1.82, 2.24) is 4.90 Å². The molecular weight excluding hydrogens is 254 g/mol. The third kappa shape index (κ3) is 4.36. The van der Waals surface area contributed by atoms with Gasteiger partial charge in [0.25, 0.3) is 0 Å². The molecule has 19 heavy (non-hydrogen) atoms. The van der Waals surface area contributed by atoms with Crippen molar-refractivity contribution >= 4 is 12.1 Å². The lowest BCUT2D eigenvalue weighted by Gasteiger charge is -2.37. The smallest absolute Gasteiger partial charge is 0.410 e. The zero-order valence-electron chi connectivity index (χ0n) is 11.7. The van der Waals surface area contributed by atoms with Gasteiger partial charge in [0.15, 0.2) is 6.10 Å². The van der Waals surface area contributed by atoms with Gasteiger partial charge in [-0.25, -0.2) is 9.59 Å². The Morgan fingerprint density at radius 1 is 1.42 bits per heavy atom. The van der Waals surface area contributed by atoms with Gasteiger partial charge in [-0.05, 0) is 20.8 Å². The second-order valence-electron chi connectivity index (χ2n) is 5.28. The fourth-order valence-corrected chi connectivity index (χ4v) is 1.71. The van der Waals surface area contributed by atoms with Crippen LogP contribution in [0.5, 0.6) is 0 Å². The third-order valence-corrected chi connectivity index (χ3v) is 2.60. The molecule has 0 bridgehead atoms. The van der Waals surface area contributed by atoms with Crippen molar-refractivity contribution in [2.45, 2.75) is 38.5 Å². The Balaban J connectivity index is 2.77. The normalized spacial score (nSPS) is 21.7. The first-order valence-electron chi connectivity index (χ1n) is 6.09. The van der Waals surface area contributed by atoms with Crippen molar-refractivity contribution < 1.29 is 28.9 Å². The second kappa shape index (κ2) is 6.21. The van der Waals surface area contributed by atoms with E-state index in [4.69, 9.17) is 9.47 Å². The van der Waals surface area contributed by atoms with E-state index in [2.05, 4.69) is 4.74 Å². The van der Waals surface area contributed by atoms with Gasteiger partial charge in [-0.1, -0.05) is 0 Å². The Hall–Kier alpha value is -1.34. The molecule has 0 aliphatic carbocycles. The van der Waals surface area contributed by atoms with Crippen molar-refractivity contribution in [2.75, 3.05) is 26.9 Å². The van der Waals surface area contributed by atoms with E-state index in [0.717, 1.165) is 0 Å². The fraction of sp³-hybridized carbons (Fsp3) is 0.833. The summed E-state index contributed by atoms with van der Waals surface area (Å²) in [7, 11) is 1.17. The average Bonchev–Trinajstić information content (AvgIpc) is 2.35. The molecule has 0 radical (unpaired) electrons. The molecular formula is C12H21NO6. The summed E-state index contributed by atoms with van der Waals surface area (Å²) in [5, 5.41) is 9.86. The molecule has 1 rings (SSSR count). The zero-order valence-corrected chi connectivity index (χ0v) is 11.7. The van der Waals surface area contributed by atoms with Crippen LogP contribution < -0.4 is 0 Å². The molecule has 1 saturated heterocycles. The minimum absolute atomic E-state index is 0.0650. The fourth-order valence-electron chi connectivity index (χ4n) is 1.71. The number of nitrogens with zero attached hydrogens (tertiary/aromatic N) is 1. The molecule has 2 unspecified atom stereocenters. The number of morpholine rings is 1. The number of amides is 1. The number of methoxy groups -OCH3 is 1. The molecule has 0 aromatic heterocycles. The van der Waals surface area contributed by atoms with Crippen LogP contribution in [-0.4, -0.2) is 66.7 Å². The Labute approximate surface area is 112 Å². The van der Waals surface area contributed by atoms with E-state index in [0.29, 0.717) is 6.61 Å². The lowest BCUT2D eigenvalue weighted by atomic mass is 10.1. The summed E-state index contributed by atoms with van der Waals surface area (Å²) in [6, 6.07) is -0.795. The standard InChI is InChI=1S/C12H21NO6/c1-12(2,3)19-11(16)13-5-6-18-7-8(13)9(14)10(15)17-4/h8-9,14H,5-7H2,1-4H3. The first kappa shape index (κ1) is 15.7. The van der Waals surface area contributed by atoms with Crippen LogP contribution in [0.4, 0.5) is 4.79 Å². The Bertz CT molecular complexity index is 338. The molecule has 1 heterocycles. The molecule has 0 saturated carbocycles. The third-order valence-electron chi connectivity index (χ3n) is 2.60. The molecule has 0 aromatic rings.